The van der Waals surface area contributed by atoms with Crippen LogP contribution in [0.3, 0.4) is 0 Å². The molecular weight excluding hydrogens is 332 g/mol. The Morgan fingerprint density at radius 1 is 1.28 bits per heavy atom. The maximum absolute atomic E-state index is 12.6. The topological polar surface area (TPSA) is 58.1 Å². The van der Waals surface area contributed by atoms with Crippen molar-refractivity contribution in [3.8, 4) is 0 Å². The van der Waals surface area contributed by atoms with Crippen LogP contribution >= 0.6 is 11.3 Å². The summed E-state index contributed by atoms with van der Waals surface area (Å²) in [7, 11) is 0. The number of thiazole rings is 1. The molecule has 1 saturated heterocycles. The molecule has 0 unspecified atom stereocenters. The third-order valence-corrected chi connectivity index (χ3v) is 5.73. The van der Waals surface area contributed by atoms with E-state index in [0.29, 0.717) is 0 Å². The number of pyridine rings is 1. The summed E-state index contributed by atoms with van der Waals surface area (Å²) in [5.74, 6) is 0.897. The highest BCUT2D eigenvalue weighted by molar-refractivity contribution is 7.11. The summed E-state index contributed by atoms with van der Waals surface area (Å²) < 4.78 is 0. The predicted octanol–water partition coefficient (Wildman–Crippen LogP) is 3.83. The molecule has 0 saturated carbocycles. The minimum atomic E-state index is 0.124. The molecule has 3 heterocycles. The van der Waals surface area contributed by atoms with Gasteiger partial charge < -0.3 is 10.2 Å². The van der Waals surface area contributed by atoms with E-state index in [-0.39, 0.29) is 5.91 Å². The number of likely N-dealkylation sites (tertiary alicyclic amines) is 1. The van der Waals surface area contributed by atoms with Gasteiger partial charge in [-0.25, -0.2) is 9.97 Å². The van der Waals surface area contributed by atoms with Crippen LogP contribution < -0.4 is 5.32 Å². The Balaban J connectivity index is 1.50. The van der Waals surface area contributed by atoms with Crippen molar-refractivity contribution >= 4 is 23.1 Å². The number of carbonyl (C=O) groups is 1. The lowest BCUT2D eigenvalue weighted by atomic mass is 10.1. The summed E-state index contributed by atoms with van der Waals surface area (Å²) in [6.07, 6.45) is 7.13. The van der Waals surface area contributed by atoms with Crippen LogP contribution in [0.5, 0.6) is 0 Å². The molecule has 2 aromatic rings. The maximum atomic E-state index is 12.6. The van der Waals surface area contributed by atoms with E-state index in [1.807, 2.05) is 17.0 Å². The standard InChI is InChI=1S/C19H26N4OS/c1-14-15(2)25-18(22-14)7-6-9-20-17-13-16(8-10-21-17)19(24)23-11-4-3-5-12-23/h8,10,13H,3-7,9,11-12H2,1-2H3,(H,20,21). The van der Waals surface area contributed by atoms with Crippen LogP contribution in [0.4, 0.5) is 5.82 Å². The number of amides is 1. The summed E-state index contributed by atoms with van der Waals surface area (Å²) in [5.41, 5.74) is 1.86. The van der Waals surface area contributed by atoms with Crippen LogP contribution in [0.2, 0.25) is 0 Å². The minimum absolute atomic E-state index is 0.124. The maximum Gasteiger partial charge on any atom is 0.254 e. The number of anilines is 1. The van der Waals surface area contributed by atoms with E-state index in [2.05, 4.69) is 29.1 Å². The van der Waals surface area contributed by atoms with Gasteiger partial charge in [0.15, 0.2) is 0 Å². The lowest BCUT2D eigenvalue weighted by molar-refractivity contribution is 0.0724. The van der Waals surface area contributed by atoms with Gasteiger partial charge in [-0.1, -0.05) is 0 Å². The number of carbonyl (C=O) groups excluding carboxylic acids is 1. The van der Waals surface area contributed by atoms with Crippen LogP contribution in [-0.4, -0.2) is 40.4 Å². The van der Waals surface area contributed by atoms with Gasteiger partial charge in [0.2, 0.25) is 0 Å². The predicted molar refractivity (Wildman–Crippen MR) is 102 cm³/mol. The lowest BCUT2D eigenvalue weighted by Gasteiger charge is -2.26. The fourth-order valence-electron chi connectivity index (χ4n) is 3.04. The number of aromatic nitrogens is 2. The Labute approximate surface area is 153 Å². The van der Waals surface area contributed by atoms with Gasteiger partial charge in [0, 0.05) is 42.7 Å². The normalized spacial score (nSPS) is 14.6. The molecule has 1 amide bonds. The first-order valence-corrected chi connectivity index (χ1v) is 9.87. The Morgan fingerprint density at radius 3 is 2.80 bits per heavy atom. The Kier molecular flexibility index (Phi) is 6.02. The van der Waals surface area contributed by atoms with E-state index in [4.69, 9.17) is 0 Å². The van der Waals surface area contributed by atoms with Gasteiger partial charge in [-0.05, 0) is 51.7 Å². The van der Waals surface area contributed by atoms with Crippen LogP contribution in [0, 0.1) is 13.8 Å². The highest BCUT2D eigenvalue weighted by atomic mass is 32.1. The molecule has 3 rings (SSSR count). The molecule has 25 heavy (non-hydrogen) atoms. The molecule has 1 N–H and O–H groups in total. The van der Waals surface area contributed by atoms with E-state index in [1.165, 1.54) is 16.3 Å². The molecule has 2 aromatic heterocycles. The quantitative estimate of drug-likeness (QED) is 0.798. The fraction of sp³-hybridized carbons (Fsp3) is 0.526. The number of hydrogen-bond acceptors (Lipinski definition) is 5. The average Bonchev–Trinajstić information content (AvgIpc) is 2.97. The SMILES string of the molecule is Cc1nc(CCCNc2cc(C(=O)N3CCCCC3)ccn2)sc1C. The molecule has 0 atom stereocenters. The first-order chi connectivity index (χ1) is 12.1. The van der Waals surface area contributed by atoms with Crippen molar-refractivity contribution in [2.45, 2.75) is 46.0 Å². The molecule has 1 fully saturated rings. The summed E-state index contributed by atoms with van der Waals surface area (Å²) in [6.45, 7) is 6.74. The zero-order chi connectivity index (χ0) is 17.6. The largest absolute Gasteiger partial charge is 0.370 e. The van der Waals surface area contributed by atoms with E-state index in [0.717, 1.165) is 62.4 Å². The molecule has 0 aromatic carbocycles. The monoisotopic (exact) mass is 358 g/mol. The van der Waals surface area contributed by atoms with Crippen molar-refractivity contribution < 1.29 is 4.79 Å². The van der Waals surface area contributed by atoms with E-state index in [9.17, 15) is 4.79 Å². The summed E-state index contributed by atoms with van der Waals surface area (Å²) in [4.78, 5) is 24.7. The van der Waals surface area contributed by atoms with E-state index in [1.54, 1.807) is 17.5 Å². The fourth-order valence-corrected chi connectivity index (χ4v) is 4.02. The smallest absolute Gasteiger partial charge is 0.254 e. The first-order valence-electron chi connectivity index (χ1n) is 9.05. The Bertz CT molecular complexity index is 702. The molecule has 1 aliphatic rings. The number of hydrogen-bond donors (Lipinski definition) is 1. The van der Waals surface area contributed by atoms with Gasteiger partial charge in [-0.2, -0.15) is 0 Å². The van der Waals surface area contributed by atoms with Crippen molar-refractivity contribution in [2.24, 2.45) is 0 Å². The molecule has 1 aliphatic heterocycles. The second-order valence-electron chi connectivity index (χ2n) is 6.56. The van der Waals surface area contributed by atoms with Gasteiger partial charge in [-0.3, -0.25) is 4.79 Å². The zero-order valence-corrected chi connectivity index (χ0v) is 15.9. The molecule has 0 bridgehead atoms. The first kappa shape index (κ1) is 17.9. The van der Waals surface area contributed by atoms with Crippen LogP contribution in [0.1, 0.15) is 51.6 Å². The van der Waals surface area contributed by atoms with Gasteiger partial charge in [0.05, 0.1) is 10.7 Å². The number of rotatable bonds is 6. The summed E-state index contributed by atoms with van der Waals surface area (Å²) >= 11 is 1.78. The van der Waals surface area contributed by atoms with Crippen LogP contribution in [-0.2, 0) is 6.42 Å². The van der Waals surface area contributed by atoms with Gasteiger partial charge >= 0.3 is 0 Å². The number of piperidine rings is 1. The molecular formula is C19H26N4OS. The zero-order valence-electron chi connectivity index (χ0n) is 15.0. The third kappa shape index (κ3) is 4.78. The second-order valence-corrected chi connectivity index (χ2v) is 7.85. The van der Waals surface area contributed by atoms with Crippen molar-refractivity contribution in [3.05, 3.63) is 39.5 Å². The van der Waals surface area contributed by atoms with Crippen molar-refractivity contribution in [1.82, 2.24) is 14.9 Å². The van der Waals surface area contributed by atoms with Crippen LogP contribution in [0.15, 0.2) is 18.3 Å². The van der Waals surface area contributed by atoms with Crippen molar-refractivity contribution in [3.63, 3.8) is 0 Å². The Hall–Kier alpha value is -1.95. The van der Waals surface area contributed by atoms with Gasteiger partial charge in [-0.15, -0.1) is 11.3 Å². The second kappa shape index (κ2) is 8.43. The molecule has 0 aliphatic carbocycles. The van der Waals surface area contributed by atoms with Crippen molar-refractivity contribution in [2.75, 3.05) is 25.0 Å². The molecule has 6 heteroatoms. The van der Waals surface area contributed by atoms with E-state index < -0.39 is 0 Å². The third-order valence-electron chi connectivity index (χ3n) is 4.60. The van der Waals surface area contributed by atoms with Crippen LogP contribution in [0.25, 0.3) is 0 Å². The van der Waals surface area contributed by atoms with Gasteiger partial charge in [0.1, 0.15) is 5.82 Å². The molecule has 134 valence electrons. The van der Waals surface area contributed by atoms with Crippen molar-refractivity contribution in [1.29, 1.82) is 0 Å². The molecule has 0 spiro atoms. The van der Waals surface area contributed by atoms with Gasteiger partial charge in [0.25, 0.3) is 5.91 Å². The molecule has 0 radical (unpaired) electrons. The Morgan fingerprint density at radius 2 is 2.08 bits per heavy atom. The average molecular weight is 359 g/mol. The van der Waals surface area contributed by atoms with E-state index >= 15 is 0 Å². The summed E-state index contributed by atoms with van der Waals surface area (Å²) in [6, 6.07) is 3.68. The lowest BCUT2D eigenvalue weighted by Crippen LogP contribution is -2.35. The number of aryl methyl sites for hydroxylation is 3. The number of nitrogens with zero attached hydrogens (tertiary/aromatic N) is 3. The highest BCUT2D eigenvalue weighted by Gasteiger charge is 2.18. The minimum Gasteiger partial charge on any atom is -0.370 e. The summed E-state index contributed by atoms with van der Waals surface area (Å²) in [5, 5.41) is 4.52. The molecule has 5 nitrogen and oxygen atoms in total. The number of nitrogens with one attached hydrogen (secondary N) is 1. The highest BCUT2D eigenvalue weighted by Crippen LogP contribution is 2.18.